The molecule has 0 saturated carbocycles. The molecule has 1 heterocycles. The Labute approximate surface area is 145 Å². The third-order valence-electron chi connectivity index (χ3n) is 3.75. The minimum atomic E-state index is -0.458. The summed E-state index contributed by atoms with van der Waals surface area (Å²) in [6.45, 7) is -0.188. The van der Waals surface area contributed by atoms with Gasteiger partial charge in [-0.3, -0.25) is 0 Å². The molecule has 25 heavy (non-hydrogen) atoms. The van der Waals surface area contributed by atoms with Crippen LogP contribution in [0, 0.1) is 0 Å². The molecule has 0 atom stereocenters. The highest BCUT2D eigenvalue weighted by Crippen LogP contribution is 2.32. The topological polar surface area (TPSA) is 83.7 Å². The molecule has 0 spiro atoms. The van der Waals surface area contributed by atoms with Gasteiger partial charge in [-0.2, -0.15) is 0 Å². The molecular formula is C19H18N2O4. The van der Waals surface area contributed by atoms with Gasteiger partial charge < -0.3 is 19.9 Å². The maximum atomic E-state index is 11.4. The lowest BCUT2D eigenvalue weighted by Crippen LogP contribution is -2.12. The Morgan fingerprint density at radius 2 is 1.84 bits per heavy atom. The van der Waals surface area contributed by atoms with E-state index in [0.717, 1.165) is 27.9 Å². The monoisotopic (exact) mass is 338 g/mol. The zero-order valence-electron chi connectivity index (χ0n) is 14.0. The predicted molar refractivity (Wildman–Crippen MR) is 95.7 cm³/mol. The van der Waals surface area contributed by atoms with Gasteiger partial charge in [0.2, 0.25) is 0 Å². The zero-order chi connectivity index (χ0) is 17.8. The third kappa shape index (κ3) is 3.63. The first-order valence-corrected chi connectivity index (χ1v) is 7.65. The lowest BCUT2D eigenvalue weighted by Gasteiger charge is -2.12. The summed E-state index contributed by atoms with van der Waals surface area (Å²) in [5, 5.41) is 0.737. The van der Waals surface area contributed by atoms with Crippen LogP contribution in [0.25, 0.3) is 22.2 Å². The number of pyridine rings is 1. The van der Waals surface area contributed by atoms with Crippen molar-refractivity contribution in [3.05, 3.63) is 48.5 Å². The maximum Gasteiger partial charge on any atom is 0.343 e. The van der Waals surface area contributed by atoms with E-state index in [4.69, 9.17) is 15.2 Å². The Hall–Kier alpha value is -3.28. The quantitative estimate of drug-likeness (QED) is 0.569. The number of methoxy groups -OCH3 is 2. The number of hydrogen-bond donors (Lipinski definition) is 1. The van der Waals surface area contributed by atoms with Crippen LogP contribution in [0.15, 0.2) is 48.5 Å². The maximum absolute atomic E-state index is 11.4. The standard InChI is InChI=1S/C19H18N2O4/c1-23-14-6-3-12(4-7-14)17-10-18(25-11-19(22)24-2)15-9-13(20)5-8-16(15)21-17/h3-10H,11,20H2,1-2H3. The number of nitrogen functional groups attached to an aromatic ring is 1. The first-order chi connectivity index (χ1) is 12.1. The molecule has 0 bridgehead atoms. The normalized spacial score (nSPS) is 10.5. The molecule has 0 aliphatic carbocycles. The first-order valence-electron chi connectivity index (χ1n) is 7.65. The van der Waals surface area contributed by atoms with Crippen LogP contribution in [0.1, 0.15) is 0 Å². The molecule has 1 aromatic heterocycles. The molecule has 0 fully saturated rings. The number of nitrogens with zero attached hydrogens (tertiary/aromatic N) is 1. The molecule has 0 aliphatic heterocycles. The highest BCUT2D eigenvalue weighted by Gasteiger charge is 2.11. The molecule has 0 saturated heterocycles. The second-order valence-electron chi connectivity index (χ2n) is 5.38. The lowest BCUT2D eigenvalue weighted by molar-refractivity contribution is -0.142. The Balaban J connectivity index is 2.06. The van der Waals surface area contributed by atoms with Crippen molar-refractivity contribution in [2.75, 3.05) is 26.6 Å². The average molecular weight is 338 g/mol. The number of fused-ring (bicyclic) bond motifs is 1. The number of hydrogen-bond acceptors (Lipinski definition) is 6. The van der Waals surface area contributed by atoms with Crippen LogP contribution in [0.3, 0.4) is 0 Å². The number of nitrogens with two attached hydrogens (primary N) is 1. The van der Waals surface area contributed by atoms with Gasteiger partial charge in [0.15, 0.2) is 6.61 Å². The molecule has 3 aromatic rings. The van der Waals surface area contributed by atoms with E-state index in [0.29, 0.717) is 11.4 Å². The van der Waals surface area contributed by atoms with Gasteiger partial charge in [-0.1, -0.05) is 0 Å². The predicted octanol–water partition coefficient (Wildman–Crippen LogP) is 3.04. The largest absolute Gasteiger partial charge is 0.497 e. The molecule has 0 aliphatic rings. The van der Waals surface area contributed by atoms with Crippen LogP contribution in [0.2, 0.25) is 0 Å². The molecular weight excluding hydrogens is 320 g/mol. The van der Waals surface area contributed by atoms with Crippen molar-refractivity contribution in [1.82, 2.24) is 4.98 Å². The summed E-state index contributed by atoms with van der Waals surface area (Å²) in [5.41, 5.74) is 8.81. The Morgan fingerprint density at radius 3 is 2.52 bits per heavy atom. The van der Waals surface area contributed by atoms with Crippen LogP contribution in [0.5, 0.6) is 11.5 Å². The number of aromatic nitrogens is 1. The number of esters is 1. The van der Waals surface area contributed by atoms with Crippen LogP contribution in [-0.4, -0.2) is 31.8 Å². The number of carbonyl (C=O) groups is 1. The van der Waals surface area contributed by atoms with Gasteiger partial charge in [0.1, 0.15) is 11.5 Å². The Morgan fingerprint density at radius 1 is 1.08 bits per heavy atom. The van der Waals surface area contributed by atoms with Crippen molar-refractivity contribution in [2.45, 2.75) is 0 Å². The summed E-state index contributed by atoms with van der Waals surface area (Å²) in [7, 11) is 2.93. The summed E-state index contributed by atoms with van der Waals surface area (Å²) in [6, 6.07) is 14.7. The van der Waals surface area contributed by atoms with Crippen molar-refractivity contribution in [3.8, 4) is 22.8 Å². The van der Waals surface area contributed by atoms with Crippen molar-refractivity contribution in [3.63, 3.8) is 0 Å². The average Bonchev–Trinajstić information content (AvgIpc) is 2.65. The van der Waals surface area contributed by atoms with Gasteiger partial charge in [0, 0.05) is 22.7 Å². The van der Waals surface area contributed by atoms with Gasteiger partial charge in [0.25, 0.3) is 0 Å². The molecule has 0 radical (unpaired) electrons. The van der Waals surface area contributed by atoms with Crippen molar-refractivity contribution < 1.29 is 19.0 Å². The van der Waals surface area contributed by atoms with E-state index < -0.39 is 5.97 Å². The highest BCUT2D eigenvalue weighted by atomic mass is 16.6. The molecule has 3 rings (SSSR count). The van der Waals surface area contributed by atoms with E-state index in [2.05, 4.69) is 9.72 Å². The zero-order valence-corrected chi connectivity index (χ0v) is 14.0. The first kappa shape index (κ1) is 16.6. The van der Waals surface area contributed by atoms with Crippen molar-refractivity contribution in [1.29, 1.82) is 0 Å². The van der Waals surface area contributed by atoms with Gasteiger partial charge in [0.05, 0.1) is 25.4 Å². The minimum Gasteiger partial charge on any atom is -0.497 e. The van der Waals surface area contributed by atoms with E-state index in [1.807, 2.05) is 30.3 Å². The minimum absolute atomic E-state index is 0.188. The van der Waals surface area contributed by atoms with Crippen molar-refractivity contribution >= 4 is 22.6 Å². The number of carbonyl (C=O) groups excluding carboxylic acids is 1. The summed E-state index contributed by atoms with van der Waals surface area (Å²) in [6.07, 6.45) is 0. The van der Waals surface area contributed by atoms with Gasteiger partial charge in [-0.15, -0.1) is 0 Å². The number of benzene rings is 2. The SMILES string of the molecule is COC(=O)COc1cc(-c2ccc(OC)cc2)nc2ccc(N)cc12. The fraction of sp³-hybridized carbons (Fsp3) is 0.158. The van der Waals surface area contributed by atoms with E-state index in [1.165, 1.54) is 7.11 Å². The molecule has 0 unspecified atom stereocenters. The van der Waals surface area contributed by atoms with Gasteiger partial charge >= 0.3 is 5.97 Å². The number of anilines is 1. The Bertz CT molecular complexity index is 907. The second kappa shape index (κ2) is 7.09. The second-order valence-corrected chi connectivity index (χ2v) is 5.38. The van der Waals surface area contributed by atoms with Crippen LogP contribution in [0.4, 0.5) is 5.69 Å². The summed E-state index contributed by atoms with van der Waals surface area (Å²) in [5.74, 6) is 0.827. The van der Waals surface area contributed by atoms with Gasteiger partial charge in [-0.05, 0) is 42.5 Å². The fourth-order valence-electron chi connectivity index (χ4n) is 2.44. The molecule has 2 aromatic carbocycles. The number of ether oxygens (including phenoxy) is 3. The molecule has 128 valence electrons. The van der Waals surface area contributed by atoms with Crippen LogP contribution >= 0.6 is 0 Å². The fourth-order valence-corrected chi connectivity index (χ4v) is 2.44. The van der Waals surface area contributed by atoms with E-state index in [1.54, 1.807) is 25.3 Å². The smallest absolute Gasteiger partial charge is 0.343 e. The molecule has 0 amide bonds. The summed E-state index contributed by atoms with van der Waals surface area (Å²) in [4.78, 5) is 16.1. The van der Waals surface area contributed by atoms with E-state index in [-0.39, 0.29) is 6.61 Å². The summed E-state index contributed by atoms with van der Waals surface area (Å²) < 4.78 is 15.4. The van der Waals surface area contributed by atoms with Crippen LogP contribution < -0.4 is 15.2 Å². The molecule has 6 heteroatoms. The number of rotatable bonds is 5. The van der Waals surface area contributed by atoms with E-state index >= 15 is 0 Å². The lowest BCUT2D eigenvalue weighted by atomic mass is 10.1. The third-order valence-corrected chi connectivity index (χ3v) is 3.75. The highest BCUT2D eigenvalue weighted by molar-refractivity contribution is 5.90. The van der Waals surface area contributed by atoms with Crippen molar-refractivity contribution in [2.24, 2.45) is 0 Å². The Kier molecular flexibility index (Phi) is 4.70. The van der Waals surface area contributed by atoms with Crippen LogP contribution in [-0.2, 0) is 9.53 Å². The molecule has 6 nitrogen and oxygen atoms in total. The summed E-state index contributed by atoms with van der Waals surface area (Å²) >= 11 is 0. The van der Waals surface area contributed by atoms with Gasteiger partial charge in [-0.25, -0.2) is 9.78 Å². The molecule has 2 N–H and O–H groups in total. The van der Waals surface area contributed by atoms with E-state index in [9.17, 15) is 4.79 Å².